The van der Waals surface area contributed by atoms with Crippen LogP contribution in [0, 0.1) is 11.8 Å². The van der Waals surface area contributed by atoms with Crippen molar-refractivity contribution in [2.45, 2.75) is 32.6 Å². The van der Waals surface area contributed by atoms with Crippen molar-refractivity contribution in [3.63, 3.8) is 0 Å². The van der Waals surface area contributed by atoms with Crippen LogP contribution in [0.15, 0.2) is 18.2 Å². The highest BCUT2D eigenvalue weighted by Gasteiger charge is 2.20. The summed E-state index contributed by atoms with van der Waals surface area (Å²) in [6.45, 7) is 3.38. The van der Waals surface area contributed by atoms with Crippen molar-refractivity contribution in [1.82, 2.24) is 4.98 Å². The van der Waals surface area contributed by atoms with Crippen LogP contribution in [0.2, 0.25) is 5.15 Å². The van der Waals surface area contributed by atoms with Crippen molar-refractivity contribution in [2.75, 3.05) is 11.9 Å². The zero-order valence-electron chi connectivity index (χ0n) is 9.75. The number of rotatable bonds is 3. The molecule has 0 amide bonds. The molecule has 2 nitrogen and oxygen atoms in total. The van der Waals surface area contributed by atoms with Gasteiger partial charge in [0.2, 0.25) is 0 Å². The topological polar surface area (TPSA) is 24.9 Å². The molecule has 1 N–H and O–H groups in total. The summed E-state index contributed by atoms with van der Waals surface area (Å²) in [6, 6.07) is 5.71. The van der Waals surface area contributed by atoms with E-state index in [2.05, 4.69) is 17.2 Å². The molecular formula is C13H19ClN2. The Morgan fingerprint density at radius 2 is 2.19 bits per heavy atom. The molecule has 16 heavy (non-hydrogen) atoms. The molecule has 1 fully saturated rings. The lowest BCUT2D eigenvalue weighted by atomic mass is 9.80. The first-order valence-corrected chi connectivity index (χ1v) is 6.50. The Hall–Kier alpha value is -0.760. The van der Waals surface area contributed by atoms with Gasteiger partial charge in [-0.05, 0) is 30.4 Å². The molecule has 0 radical (unpaired) electrons. The van der Waals surface area contributed by atoms with E-state index in [0.717, 1.165) is 24.2 Å². The fourth-order valence-electron chi connectivity index (χ4n) is 2.44. The number of pyridine rings is 1. The minimum Gasteiger partial charge on any atom is -0.370 e. The number of aromatic nitrogens is 1. The van der Waals surface area contributed by atoms with Gasteiger partial charge in [-0.1, -0.05) is 43.9 Å². The van der Waals surface area contributed by atoms with E-state index in [4.69, 9.17) is 11.6 Å². The van der Waals surface area contributed by atoms with Crippen LogP contribution >= 0.6 is 11.6 Å². The molecule has 0 bridgehead atoms. The summed E-state index contributed by atoms with van der Waals surface area (Å²) in [4.78, 5) is 4.24. The molecule has 1 aliphatic rings. The molecular weight excluding hydrogens is 220 g/mol. The van der Waals surface area contributed by atoms with E-state index in [0.29, 0.717) is 5.15 Å². The minimum absolute atomic E-state index is 0.557. The van der Waals surface area contributed by atoms with E-state index in [1.165, 1.54) is 25.7 Å². The summed E-state index contributed by atoms with van der Waals surface area (Å²) in [5.74, 6) is 2.51. The average molecular weight is 239 g/mol. The van der Waals surface area contributed by atoms with Crippen molar-refractivity contribution >= 4 is 17.4 Å². The fourth-order valence-corrected chi connectivity index (χ4v) is 2.60. The average Bonchev–Trinajstić information content (AvgIpc) is 2.28. The molecule has 2 rings (SSSR count). The SMILES string of the molecule is CC1CCCCC1CNc1cccc(Cl)n1. The summed E-state index contributed by atoms with van der Waals surface area (Å²) >= 11 is 5.84. The molecule has 1 saturated carbocycles. The van der Waals surface area contributed by atoms with Gasteiger partial charge >= 0.3 is 0 Å². The van der Waals surface area contributed by atoms with Crippen molar-refractivity contribution in [2.24, 2.45) is 11.8 Å². The Morgan fingerprint density at radius 3 is 2.94 bits per heavy atom. The van der Waals surface area contributed by atoms with Crippen LogP contribution in [-0.4, -0.2) is 11.5 Å². The molecule has 1 aromatic rings. The van der Waals surface area contributed by atoms with Gasteiger partial charge in [0.25, 0.3) is 0 Å². The van der Waals surface area contributed by atoms with Gasteiger partial charge in [-0.2, -0.15) is 0 Å². The van der Waals surface area contributed by atoms with Crippen LogP contribution in [-0.2, 0) is 0 Å². The predicted octanol–water partition coefficient (Wildman–Crippen LogP) is 3.97. The van der Waals surface area contributed by atoms with Crippen LogP contribution in [0.4, 0.5) is 5.82 Å². The maximum absolute atomic E-state index is 5.84. The van der Waals surface area contributed by atoms with E-state index in [-0.39, 0.29) is 0 Å². The number of hydrogen-bond donors (Lipinski definition) is 1. The van der Waals surface area contributed by atoms with Gasteiger partial charge in [0.1, 0.15) is 11.0 Å². The van der Waals surface area contributed by atoms with Crippen LogP contribution in [0.25, 0.3) is 0 Å². The monoisotopic (exact) mass is 238 g/mol. The summed E-state index contributed by atoms with van der Waals surface area (Å²) in [7, 11) is 0. The van der Waals surface area contributed by atoms with E-state index in [9.17, 15) is 0 Å². The van der Waals surface area contributed by atoms with Gasteiger partial charge in [0.05, 0.1) is 0 Å². The quantitative estimate of drug-likeness (QED) is 0.806. The number of halogens is 1. The highest BCUT2D eigenvalue weighted by Crippen LogP contribution is 2.29. The number of nitrogens with zero attached hydrogens (tertiary/aromatic N) is 1. The molecule has 2 atom stereocenters. The lowest BCUT2D eigenvalue weighted by Crippen LogP contribution is -2.24. The third-order valence-electron chi connectivity index (χ3n) is 3.55. The predicted molar refractivity (Wildman–Crippen MR) is 68.9 cm³/mol. The molecule has 0 spiro atoms. The van der Waals surface area contributed by atoms with E-state index in [1.54, 1.807) is 6.07 Å². The molecule has 1 aromatic heterocycles. The maximum Gasteiger partial charge on any atom is 0.131 e. The molecule has 2 unspecified atom stereocenters. The van der Waals surface area contributed by atoms with Crippen molar-refractivity contribution in [3.8, 4) is 0 Å². The van der Waals surface area contributed by atoms with E-state index >= 15 is 0 Å². The minimum atomic E-state index is 0.557. The first-order valence-electron chi connectivity index (χ1n) is 6.12. The lowest BCUT2D eigenvalue weighted by Gasteiger charge is -2.28. The van der Waals surface area contributed by atoms with E-state index in [1.807, 2.05) is 12.1 Å². The van der Waals surface area contributed by atoms with Crippen LogP contribution in [0.5, 0.6) is 0 Å². The summed E-state index contributed by atoms with van der Waals surface area (Å²) < 4.78 is 0. The Kier molecular flexibility index (Phi) is 4.05. The fraction of sp³-hybridized carbons (Fsp3) is 0.615. The van der Waals surface area contributed by atoms with Crippen LogP contribution in [0.3, 0.4) is 0 Å². The largest absolute Gasteiger partial charge is 0.370 e. The number of anilines is 1. The second-order valence-corrected chi connectivity index (χ2v) is 5.14. The van der Waals surface area contributed by atoms with Gasteiger partial charge < -0.3 is 5.32 Å². The first-order chi connectivity index (χ1) is 7.75. The Bertz CT molecular complexity index is 340. The van der Waals surface area contributed by atoms with Crippen LogP contribution in [0.1, 0.15) is 32.6 Å². The highest BCUT2D eigenvalue weighted by molar-refractivity contribution is 6.29. The second kappa shape index (κ2) is 5.53. The van der Waals surface area contributed by atoms with E-state index < -0.39 is 0 Å². The van der Waals surface area contributed by atoms with Crippen molar-refractivity contribution in [1.29, 1.82) is 0 Å². The smallest absolute Gasteiger partial charge is 0.131 e. The third-order valence-corrected chi connectivity index (χ3v) is 3.76. The standard InChI is InChI=1S/C13H19ClN2/c1-10-5-2-3-6-11(10)9-15-13-8-4-7-12(14)16-13/h4,7-8,10-11H,2-3,5-6,9H2,1H3,(H,15,16). The Balaban J connectivity index is 1.86. The lowest BCUT2D eigenvalue weighted by molar-refractivity contribution is 0.268. The van der Waals surface area contributed by atoms with Gasteiger partial charge in [0.15, 0.2) is 0 Å². The summed E-state index contributed by atoms with van der Waals surface area (Å²) in [6.07, 6.45) is 5.48. The Morgan fingerprint density at radius 1 is 1.38 bits per heavy atom. The molecule has 1 aliphatic carbocycles. The van der Waals surface area contributed by atoms with Crippen molar-refractivity contribution in [3.05, 3.63) is 23.4 Å². The summed E-state index contributed by atoms with van der Waals surface area (Å²) in [5, 5.41) is 3.95. The Labute approximate surface area is 102 Å². The van der Waals surface area contributed by atoms with Crippen LogP contribution < -0.4 is 5.32 Å². The molecule has 0 saturated heterocycles. The highest BCUT2D eigenvalue weighted by atomic mass is 35.5. The third kappa shape index (κ3) is 3.11. The van der Waals surface area contributed by atoms with Crippen molar-refractivity contribution < 1.29 is 0 Å². The maximum atomic E-state index is 5.84. The second-order valence-electron chi connectivity index (χ2n) is 4.75. The molecule has 0 aliphatic heterocycles. The van der Waals surface area contributed by atoms with Gasteiger partial charge in [0, 0.05) is 6.54 Å². The molecule has 1 heterocycles. The van der Waals surface area contributed by atoms with Gasteiger partial charge in [-0.25, -0.2) is 4.98 Å². The summed E-state index contributed by atoms with van der Waals surface area (Å²) in [5.41, 5.74) is 0. The number of hydrogen-bond acceptors (Lipinski definition) is 2. The molecule has 88 valence electrons. The van der Waals surface area contributed by atoms with Gasteiger partial charge in [-0.3, -0.25) is 0 Å². The number of nitrogens with one attached hydrogen (secondary N) is 1. The zero-order chi connectivity index (χ0) is 11.4. The molecule has 0 aromatic carbocycles. The molecule has 3 heteroatoms. The van der Waals surface area contributed by atoms with Gasteiger partial charge in [-0.15, -0.1) is 0 Å². The first kappa shape index (κ1) is 11.7. The zero-order valence-corrected chi connectivity index (χ0v) is 10.5. The normalized spacial score (nSPS) is 25.4.